The summed E-state index contributed by atoms with van der Waals surface area (Å²) in [5, 5.41) is 11.1. The largest absolute Gasteiger partial charge is 0.508 e. The van der Waals surface area contributed by atoms with Crippen molar-refractivity contribution < 1.29 is 14.6 Å². The van der Waals surface area contributed by atoms with Crippen LogP contribution >= 0.6 is 15.9 Å². The van der Waals surface area contributed by atoms with Crippen LogP contribution in [0.4, 0.5) is 0 Å². The Balaban J connectivity index is 1.34. The van der Waals surface area contributed by atoms with Crippen molar-refractivity contribution in [1.29, 1.82) is 0 Å². The number of halogens is 1. The number of hydrogen-bond donors (Lipinski definition) is 1. The second-order valence-electron chi connectivity index (χ2n) is 9.46. The van der Waals surface area contributed by atoms with Crippen molar-refractivity contribution in [1.82, 2.24) is 0 Å². The van der Waals surface area contributed by atoms with E-state index >= 15 is 0 Å². The predicted octanol–water partition coefficient (Wildman–Crippen LogP) is 8.59. The van der Waals surface area contributed by atoms with Crippen molar-refractivity contribution >= 4 is 15.9 Å². The molecular formula is C31H37BrO3. The van der Waals surface area contributed by atoms with Crippen molar-refractivity contribution in [2.24, 2.45) is 0 Å². The fourth-order valence-corrected chi connectivity index (χ4v) is 5.41. The van der Waals surface area contributed by atoms with Gasteiger partial charge < -0.3 is 14.6 Å². The minimum absolute atomic E-state index is 0.158. The monoisotopic (exact) mass is 536 g/mol. The van der Waals surface area contributed by atoms with E-state index in [0.29, 0.717) is 6.61 Å². The number of ether oxygens (including phenoxy) is 2. The number of fused-ring (bicyclic) bond motifs is 1. The Morgan fingerprint density at radius 2 is 1.46 bits per heavy atom. The first-order valence-corrected chi connectivity index (χ1v) is 14.2. The van der Waals surface area contributed by atoms with Gasteiger partial charge >= 0.3 is 0 Å². The van der Waals surface area contributed by atoms with E-state index in [-0.39, 0.29) is 17.6 Å². The van der Waals surface area contributed by atoms with Crippen molar-refractivity contribution in [3.8, 4) is 17.2 Å². The first kappa shape index (κ1) is 25.6. The summed E-state index contributed by atoms with van der Waals surface area (Å²) in [7, 11) is 0. The fourth-order valence-electron chi connectivity index (χ4n) is 5.02. The lowest BCUT2D eigenvalue weighted by Gasteiger charge is -2.34. The van der Waals surface area contributed by atoms with E-state index in [9.17, 15) is 5.11 Å². The molecule has 0 aliphatic carbocycles. The van der Waals surface area contributed by atoms with E-state index < -0.39 is 0 Å². The van der Waals surface area contributed by atoms with Crippen LogP contribution in [0.2, 0.25) is 0 Å². The second-order valence-corrected chi connectivity index (χ2v) is 10.3. The van der Waals surface area contributed by atoms with Crippen molar-refractivity contribution in [2.75, 3.05) is 18.5 Å². The zero-order valence-corrected chi connectivity index (χ0v) is 22.1. The van der Waals surface area contributed by atoms with Crippen molar-refractivity contribution in [2.45, 2.75) is 63.2 Å². The van der Waals surface area contributed by atoms with Gasteiger partial charge in [0.25, 0.3) is 0 Å². The number of hydrogen-bond acceptors (Lipinski definition) is 3. The molecule has 0 saturated heterocycles. The third-order valence-corrected chi connectivity index (χ3v) is 7.48. The molecule has 0 saturated carbocycles. The molecule has 0 aromatic heterocycles. The average molecular weight is 538 g/mol. The zero-order valence-electron chi connectivity index (χ0n) is 20.5. The molecule has 0 amide bonds. The van der Waals surface area contributed by atoms with Gasteiger partial charge in [0.1, 0.15) is 17.2 Å². The summed E-state index contributed by atoms with van der Waals surface area (Å²) >= 11 is 3.50. The molecule has 2 atom stereocenters. The van der Waals surface area contributed by atoms with Gasteiger partial charge in [0.2, 0.25) is 0 Å². The molecule has 0 fully saturated rings. The number of rotatable bonds is 13. The lowest BCUT2D eigenvalue weighted by molar-refractivity contribution is 0.247. The molecule has 186 valence electrons. The highest BCUT2D eigenvalue weighted by Crippen LogP contribution is 2.47. The quantitative estimate of drug-likeness (QED) is 0.175. The van der Waals surface area contributed by atoms with E-state index in [4.69, 9.17) is 9.47 Å². The molecule has 0 unspecified atom stereocenters. The van der Waals surface area contributed by atoms with Crippen LogP contribution in [0.25, 0.3) is 0 Å². The minimum Gasteiger partial charge on any atom is -0.508 e. The minimum atomic E-state index is 0.158. The summed E-state index contributed by atoms with van der Waals surface area (Å²) in [6, 6.07) is 24.6. The van der Waals surface area contributed by atoms with Crippen LogP contribution in [0.3, 0.4) is 0 Å². The highest BCUT2D eigenvalue weighted by Gasteiger charge is 2.33. The third kappa shape index (κ3) is 7.27. The molecule has 35 heavy (non-hydrogen) atoms. The average Bonchev–Trinajstić information content (AvgIpc) is 2.90. The number of unbranched alkanes of at least 4 members (excludes halogenated alkanes) is 7. The van der Waals surface area contributed by atoms with Gasteiger partial charge in [0.05, 0.1) is 13.2 Å². The molecule has 3 nitrogen and oxygen atoms in total. The van der Waals surface area contributed by atoms with E-state index in [1.807, 2.05) is 12.1 Å². The Bertz CT molecular complexity index is 1020. The van der Waals surface area contributed by atoms with Gasteiger partial charge in [-0.05, 0) is 42.2 Å². The van der Waals surface area contributed by atoms with Crippen LogP contribution in [0.15, 0.2) is 72.8 Å². The highest BCUT2D eigenvalue weighted by atomic mass is 79.9. The molecule has 1 heterocycles. The first-order chi connectivity index (χ1) is 17.3. The second kappa shape index (κ2) is 13.6. The van der Waals surface area contributed by atoms with Crippen LogP contribution < -0.4 is 9.47 Å². The smallest absolute Gasteiger partial charge is 0.126 e. The van der Waals surface area contributed by atoms with E-state index in [1.54, 1.807) is 12.1 Å². The standard InChI is InChI=1S/C31H37BrO3/c32-20-10-5-3-1-2-4-6-11-21-34-27-17-14-25(15-18-27)31-28-19-16-26(33)22-30(28)35-23-29(31)24-12-8-7-9-13-24/h7-9,12-19,22,29,31,33H,1-6,10-11,20-21,23H2/t29-,31-/m0/s1. The normalized spacial score (nSPS) is 16.9. The van der Waals surface area contributed by atoms with Gasteiger partial charge in [-0.2, -0.15) is 0 Å². The Kier molecular flexibility index (Phi) is 9.94. The third-order valence-electron chi connectivity index (χ3n) is 6.92. The van der Waals surface area contributed by atoms with Crippen LogP contribution in [-0.4, -0.2) is 23.7 Å². The molecule has 1 aliphatic heterocycles. The number of phenols is 1. The van der Waals surface area contributed by atoms with Gasteiger partial charge in [-0.25, -0.2) is 0 Å². The van der Waals surface area contributed by atoms with Gasteiger partial charge in [-0.3, -0.25) is 0 Å². The zero-order chi connectivity index (χ0) is 24.3. The fraction of sp³-hybridized carbons (Fsp3) is 0.419. The molecule has 0 radical (unpaired) electrons. The lowest BCUT2D eigenvalue weighted by atomic mass is 9.76. The van der Waals surface area contributed by atoms with E-state index in [1.165, 1.54) is 56.1 Å². The summed E-state index contributed by atoms with van der Waals surface area (Å²) in [6.07, 6.45) is 10.3. The van der Waals surface area contributed by atoms with Crippen LogP contribution in [0, 0.1) is 0 Å². The molecule has 4 heteroatoms. The first-order valence-electron chi connectivity index (χ1n) is 13.1. The Morgan fingerprint density at radius 3 is 2.17 bits per heavy atom. The number of phenolic OH excluding ortho intramolecular Hbond substituents is 1. The molecule has 1 aliphatic rings. The van der Waals surface area contributed by atoms with Gasteiger partial charge in [0, 0.05) is 28.8 Å². The Morgan fingerprint density at radius 1 is 0.771 bits per heavy atom. The summed E-state index contributed by atoms with van der Waals surface area (Å²) in [5.74, 6) is 2.30. The number of benzene rings is 3. The molecule has 1 N–H and O–H groups in total. The van der Waals surface area contributed by atoms with Gasteiger partial charge in [-0.15, -0.1) is 0 Å². The maximum atomic E-state index is 9.96. The topological polar surface area (TPSA) is 38.7 Å². The Hall–Kier alpha value is -2.46. The van der Waals surface area contributed by atoms with Crippen LogP contribution in [0.1, 0.15) is 79.9 Å². The SMILES string of the molecule is Oc1ccc2c(c1)OC[C@@H](c1ccccc1)[C@H]2c1ccc(OCCCCCCCCCCBr)cc1. The predicted molar refractivity (Wildman–Crippen MR) is 147 cm³/mol. The van der Waals surface area contributed by atoms with E-state index in [0.717, 1.165) is 35.4 Å². The Labute approximate surface area is 218 Å². The lowest BCUT2D eigenvalue weighted by Crippen LogP contribution is -2.25. The van der Waals surface area contributed by atoms with Gasteiger partial charge in [0.15, 0.2) is 0 Å². The maximum absolute atomic E-state index is 9.96. The van der Waals surface area contributed by atoms with Crippen LogP contribution in [0.5, 0.6) is 17.2 Å². The number of alkyl halides is 1. The van der Waals surface area contributed by atoms with E-state index in [2.05, 4.69) is 64.5 Å². The molecule has 0 bridgehead atoms. The van der Waals surface area contributed by atoms with Crippen molar-refractivity contribution in [3.05, 3.63) is 89.5 Å². The summed E-state index contributed by atoms with van der Waals surface area (Å²) in [4.78, 5) is 0. The number of aromatic hydroxyl groups is 1. The molecule has 0 spiro atoms. The van der Waals surface area contributed by atoms with Crippen LogP contribution in [-0.2, 0) is 0 Å². The molecule has 3 aromatic carbocycles. The maximum Gasteiger partial charge on any atom is 0.126 e. The van der Waals surface area contributed by atoms with Gasteiger partial charge in [-0.1, -0.05) is 103 Å². The van der Waals surface area contributed by atoms with Crippen molar-refractivity contribution in [3.63, 3.8) is 0 Å². The summed E-state index contributed by atoms with van der Waals surface area (Å²) in [6.45, 7) is 1.36. The molecule has 3 aromatic rings. The molecular weight excluding hydrogens is 500 g/mol. The highest BCUT2D eigenvalue weighted by molar-refractivity contribution is 9.09. The molecule has 4 rings (SSSR count). The summed E-state index contributed by atoms with van der Waals surface area (Å²) < 4.78 is 12.1. The summed E-state index contributed by atoms with van der Waals surface area (Å²) in [5.41, 5.74) is 3.62.